The normalized spacial score (nSPS) is 9.78. The zero-order chi connectivity index (χ0) is 7.44. The summed E-state index contributed by atoms with van der Waals surface area (Å²) in [5.74, 6) is 0.238. The van der Waals surface area contributed by atoms with Crippen LogP contribution in [0.2, 0.25) is 0 Å². The molecule has 4 nitrogen and oxygen atoms in total. The Labute approximate surface area is 54.2 Å². The molecule has 0 rings (SSSR count). The number of amides is 2. The fraction of sp³-hybridized carbons (Fsp3) is 0.800. The topological polar surface area (TPSA) is 66.6 Å². The number of nitrogens with two attached hydrogens (primary N) is 1. The van der Waals surface area contributed by atoms with Gasteiger partial charge in [0.1, 0.15) is 0 Å². The van der Waals surface area contributed by atoms with E-state index in [2.05, 4.69) is 0 Å². The maximum Gasteiger partial charge on any atom is 0.338 e. The first kappa shape index (κ1) is 8.23. The number of primary amides is 1. The number of urea groups is 1. The van der Waals surface area contributed by atoms with E-state index in [4.69, 9.17) is 10.9 Å². The van der Waals surface area contributed by atoms with E-state index < -0.39 is 6.03 Å². The molecular weight excluding hydrogens is 120 g/mol. The van der Waals surface area contributed by atoms with Crippen molar-refractivity contribution in [3.8, 4) is 0 Å². The van der Waals surface area contributed by atoms with Gasteiger partial charge in [0.05, 0.1) is 6.54 Å². The first-order chi connectivity index (χ1) is 4.04. The number of carbonyl (C=O) groups excluding carboxylic acids is 1. The van der Waals surface area contributed by atoms with Crippen LogP contribution in [0.25, 0.3) is 0 Å². The molecule has 9 heavy (non-hydrogen) atoms. The third-order valence-electron chi connectivity index (χ3n) is 0.792. The number of hydrogen-bond acceptors (Lipinski definition) is 2. The van der Waals surface area contributed by atoms with Gasteiger partial charge in [0, 0.05) is 0 Å². The number of rotatable bonds is 2. The van der Waals surface area contributed by atoms with Crippen LogP contribution in [0.5, 0.6) is 0 Å². The van der Waals surface area contributed by atoms with Crippen molar-refractivity contribution in [2.45, 2.75) is 13.8 Å². The van der Waals surface area contributed by atoms with Gasteiger partial charge in [-0.2, -0.15) is 0 Å². The lowest BCUT2D eigenvalue weighted by Crippen LogP contribution is -2.35. The SMILES string of the molecule is CC(C)CN(O)C(N)=O. The third-order valence-corrected chi connectivity index (χ3v) is 0.792. The Bertz CT molecular complexity index is 103. The molecule has 2 amide bonds. The molecule has 0 spiro atoms. The molecule has 0 radical (unpaired) electrons. The van der Waals surface area contributed by atoms with Gasteiger partial charge in [0.2, 0.25) is 0 Å². The predicted octanol–water partition coefficient (Wildman–Crippen LogP) is 0.412. The van der Waals surface area contributed by atoms with Crippen LogP contribution in [0.1, 0.15) is 13.8 Å². The first-order valence-corrected chi connectivity index (χ1v) is 2.80. The molecule has 54 valence electrons. The Morgan fingerprint density at radius 3 is 2.33 bits per heavy atom. The molecule has 0 heterocycles. The Morgan fingerprint density at radius 1 is 1.78 bits per heavy atom. The highest BCUT2D eigenvalue weighted by molar-refractivity contribution is 5.70. The summed E-state index contributed by atoms with van der Waals surface area (Å²) in [5.41, 5.74) is 4.72. The lowest BCUT2D eigenvalue weighted by molar-refractivity contribution is -0.0474. The lowest BCUT2D eigenvalue weighted by atomic mass is 10.2. The summed E-state index contributed by atoms with van der Waals surface area (Å²) in [5, 5.41) is 9.16. The molecule has 0 aliphatic heterocycles. The van der Waals surface area contributed by atoms with Crippen LogP contribution in [0.4, 0.5) is 4.79 Å². The van der Waals surface area contributed by atoms with Crippen molar-refractivity contribution in [3.63, 3.8) is 0 Å². The number of carbonyl (C=O) groups is 1. The Kier molecular flexibility index (Phi) is 3.01. The minimum atomic E-state index is -0.802. The second-order valence-corrected chi connectivity index (χ2v) is 2.31. The average molecular weight is 132 g/mol. The van der Waals surface area contributed by atoms with E-state index in [0.717, 1.165) is 0 Å². The molecule has 0 aromatic rings. The molecule has 0 saturated heterocycles. The van der Waals surface area contributed by atoms with E-state index in [1.54, 1.807) is 0 Å². The van der Waals surface area contributed by atoms with Gasteiger partial charge in [-0.15, -0.1) is 0 Å². The van der Waals surface area contributed by atoms with E-state index in [1.807, 2.05) is 13.8 Å². The van der Waals surface area contributed by atoms with Crippen molar-refractivity contribution < 1.29 is 10.0 Å². The fourth-order valence-electron chi connectivity index (χ4n) is 0.436. The van der Waals surface area contributed by atoms with Crippen molar-refractivity contribution in [3.05, 3.63) is 0 Å². The summed E-state index contributed by atoms with van der Waals surface area (Å²) >= 11 is 0. The van der Waals surface area contributed by atoms with Gasteiger partial charge in [-0.25, -0.2) is 9.86 Å². The molecule has 0 aliphatic carbocycles. The Balaban J connectivity index is 3.50. The standard InChI is InChI=1S/C5H12N2O2/c1-4(2)3-7(9)5(6)8/h4,9H,3H2,1-2H3,(H2,6,8). The van der Waals surface area contributed by atoms with E-state index in [1.165, 1.54) is 0 Å². The summed E-state index contributed by atoms with van der Waals surface area (Å²) in [4.78, 5) is 10.1. The van der Waals surface area contributed by atoms with Crippen LogP contribution in [0.3, 0.4) is 0 Å². The summed E-state index contributed by atoms with van der Waals surface area (Å²) in [6.45, 7) is 4.05. The van der Waals surface area contributed by atoms with Crippen molar-refractivity contribution in [1.82, 2.24) is 5.06 Å². The van der Waals surface area contributed by atoms with Crippen LogP contribution >= 0.6 is 0 Å². The molecule has 0 fully saturated rings. The highest BCUT2D eigenvalue weighted by atomic mass is 16.5. The van der Waals surface area contributed by atoms with E-state index >= 15 is 0 Å². The van der Waals surface area contributed by atoms with Gasteiger partial charge in [-0.05, 0) is 5.92 Å². The van der Waals surface area contributed by atoms with Gasteiger partial charge < -0.3 is 5.73 Å². The van der Waals surface area contributed by atoms with Gasteiger partial charge in [0.15, 0.2) is 0 Å². The van der Waals surface area contributed by atoms with Crippen molar-refractivity contribution in [1.29, 1.82) is 0 Å². The Hall–Kier alpha value is -0.770. The molecule has 3 N–H and O–H groups in total. The number of hydroxylamine groups is 2. The van der Waals surface area contributed by atoms with Crippen molar-refractivity contribution in [2.24, 2.45) is 11.7 Å². The average Bonchev–Trinajstić information content (AvgIpc) is 1.63. The van der Waals surface area contributed by atoms with Crippen LogP contribution in [-0.4, -0.2) is 22.8 Å². The second kappa shape index (κ2) is 3.29. The molecule has 0 aromatic heterocycles. The lowest BCUT2D eigenvalue weighted by Gasteiger charge is -2.13. The van der Waals surface area contributed by atoms with E-state index in [0.29, 0.717) is 5.06 Å². The molecular formula is C5H12N2O2. The summed E-state index contributed by atoms with van der Waals surface area (Å²) in [6, 6.07) is -0.802. The van der Waals surface area contributed by atoms with E-state index in [-0.39, 0.29) is 12.5 Å². The zero-order valence-corrected chi connectivity index (χ0v) is 5.66. The third kappa shape index (κ3) is 3.78. The molecule has 0 bridgehead atoms. The molecule has 4 heteroatoms. The summed E-state index contributed by atoms with van der Waals surface area (Å²) in [7, 11) is 0. The van der Waals surface area contributed by atoms with Gasteiger partial charge in [0.25, 0.3) is 0 Å². The second-order valence-electron chi connectivity index (χ2n) is 2.31. The monoisotopic (exact) mass is 132 g/mol. The number of nitrogens with zero attached hydrogens (tertiary/aromatic N) is 1. The molecule has 0 aliphatic rings. The van der Waals surface area contributed by atoms with E-state index in [9.17, 15) is 4.79 Å². The van der Waals surface area contributed by atoms with Crippen molar-refractivity contribution >= 4 is 6.03 Å². The largest absolute Gasteiger partial charge is 0.350 e. The van der Waals surface area contributed by atoms with Crippen LogP contribution in [0.15, 0.2) is 0 Å². The zero-order valence-electron chi connectivity index (χ0n) is 5.66. The molecule has 0 aromatic carbocycles. The smallest absolute Gasteiger partial charge is 0.338 e. The van der Waals surface area contributed by atoms with Crippen LogP contribution in [0, 0.1) is 5.92 Å². The van der Waals surface area contributed by atoms with Gasteiger partial charge in [-0.1, -0.05) is 13.8 Å². The van der Waals surface area contributed by atoms with Gasteiger partial charge >= 0.3 is 6.03 Å². The van der Waals surface area contributed by atoms with Crippen LogP contribution < -0.4 is 5.73 Å². The maximum atomic E-state index is 10.1. The van der Waals surface area contributed by atoms with Crippen LogP contribution in [-0.2, 0) is 0 Å². The minimum Gasteiger partial charge on any atom is -0.350 e. The Morgan fingerprint density at radius 2 is 2.22 bits per heavy atom. The summed E-state index contributed by atoms with van der Waals surface area (Å²) in [6.07, 6.45) is 0. The highest BCUT2D eigenvalue weighted by Crippen LogP contribution is 1.93. The number of hydrogen-bond donors (Lipinski definition) is 2. The predicted molar refractivity (Wildman–Crippen MR) is 32.9 cm³/mol. The highest BCUT2D eigenvalue weighted by Gasteiger charge is 2.05. The quantitative estimate of drug-likeness (QED) is 0.422. The fourth-order valence-corrected chi connectivity index (χ4v) is 0.436. The molecule has 0 atom stereocenters. The first-order valence-electron chi connectivity index (χ1n) is 2.80. The molecule has 0 saturated carbocycles. The minimum absolute atomic E-state index is 0.238. The van der Waals surface area contributed by atoms with Crippen molar-refractivity contribution in [2.75, 3.05) is 6.54 Å². The molecule has 0 unspecified atom stereocenters. The van der Waals surface area contributed by atoms with Gasteiger partial charge in [-0.3, -0.25) is 5.21 Å². The summed E-state index contributed by atoms with van der Waals surface area (Å²) < 4.78 is 0. The maximum absolute atomic E-state index is 10.1.